The number of nitrogens with zero attached hydrogens (tertiary/aromatic N) is 1. The zero-order chi connectivity index (χ0) is 25.1. The highest BCUT2D eigenvalue weighted by Crippen LogP contribution is 2.36. The van der Waals surface area contributed by atoms with Crippen LogP contribution in [0.3, 0.4) is 0 Å². The summed E-state index contributed by atoms with van der Waals surface area (Å²) in [6.45, 7) is 0.0942. The molecular weight excluding hydrogens is 542 g/mol. The van der Waals surface area contributed by atoms with E-state index in [9.17, 15) is 18.4 Å². The van der Waals surface area contributed by atoms with Gasteiger partial charge in [0.05, 0.1) is 12.8 Å². The Morgan fingerprint density at radius 2 is 1.83 bits per heavy atom. The Balaban J connectivity index is 1.66. The molecule has 3 aromatic carbocycles. The molecule has 178 valence electrons. The fourth-order valence-corrected chi connectivity index (χ4v) is 4.10. The predicted molar refractivity (Wildman–Crippen MR) is 134 cm³/mol. The smallest absolute Gasteiger partial charge is 0.270 e. The minimum atomic E-state index is -0.777. The van der Waals surface area contributed by atoms with Crippen LogP contribution in [0.4, 0.5) is 14.5 Å². The van der Waals surface area contributed by atoms with Crippen LogP contribution >= 0.6 is 28.1 Å². The molecule has 1 fully saturated rings. The van der Waals surface area contributed by atoms with Crippen molar-refractivity contribution in [2.24, 2.45) is 0 Å². The van der Waals surface area contributed by atoms with Gasteiger partial charge in [0.2, 0.25) is 0 Å². The zero-order valence-electron chi connectivity index (χ0n) is 18.2. The van der Waals surface area contributed by atoms with Gasteiger partial charge in [-0.25, -0.2) is 13.7 Å². The molecular formula is C25H17BrF2N2O4S. The number of anilines is 1. The number of para-hydroxylation sites is 1. The Morgan fingerprint density at radius 1 is 1.06 bits per heavy atom. The summed E-state index contributed by atoms with van der Waals surface area (Å²) in [5.41, 5.74) is 0.729. The van der Waals surface area contributed by atoms with Gasteiger partial charge in [-0.3, -0.25) is 14.9 Å². The molecule has 1 heterocycles. The second kappa shape index (κ2) is 10.3. The van der Waals surface area contributed by atoms with Crippen LogP contribution in [0.2, 0.25) is 0 Å². The maximum atomic E-state index is 14.4. The summed E-state index contributed by atoms with van der Waals surface area (Å²) < 4.78 is 39.5. The lowest BCUT2D eigenvalue weighted by molar-refractivity contribution is -0.122. The molecule has 1 saturated heterocycles. The van der Waals surface area contributed by atoms with Gasteiger partial charge < -0.3 is 9.47 Å². The SMILES string of the molecule is COc1cc(/C=C2\C(=O)NC(=S)N(c3ccccc3F)C2=O)c(Br)cc1OCc1cccc(F)c1. The normalized spacial score (nSPS) is 14.8. The molecule has 1 N–H and O–H groups in total. The monoisotopic (exact) mass is 558 g/mol. The van der Waals surface area contributed by atoms with Crippen molar-refractivity contribution in [1.29, 1.82) is 0 Å². The molecule has 6 nitrogen and oxygen atoms in total. The molecule has 1 aliphatic heterocycles. The fraction of sp³-hybridized carbons (Fsp3) is 0.0800. The molecule has 0 saturated carbocycles. The Labute approximate surface area is 213 Å². The molecule has 0 aromatic heterocycles. The maximum Gasteiger partial charge on any atom is 0.270 e. The van der Waals surface area contributed by atoms with Crippen molar-refractivity contribution < 1.29 is 27.8 Å². The van der Waals surface area contributed by atoms with E-state index in [4.69, 9.17) is 21.7 Å². The Kier molecular flexibility index (Phi) is 7.23. The fourth-order valence-electron chi connectivity index (χ4n) is 3.39. The summed E-state index contributed by atoms with van der Waals surface area (Å²) in [5, 5.41) is 2.20. The number of ether oxygens (including phenoxy) is 2. The highest BCUT2D eigenvalue weighted by atomic mass is 79.9. The number of carbonyl (C=O) groups excluding carboxylic acids is 2. The largest absolute Gasteiger partial charge is 0.493 e. The lowest BCUT2D eigenvalue weighted by atomic mass is 10.1. The van der Waals surface area contributed by atoms with E-state index in [-0.39, 0.29) is 28.8 Å². The number of amides is 2. The molecule has 10 heteroatoms. The average Bonchev–Trinajstić information content (AvgIpc) is 2.82. The number of benzene rings is 3. The van der Waals surface area contributed by atoms with Gasteiger partial charge in [0.25, 0.3) is 11.8 Å². The third-order valence-corrected chi connectivity index (χ3v) is 6.03. The van der Waals surface area contributed by atoms with Gasteiger partial charge in [-0.2, -0.15) is 0 Å². The lowest BCUT2D eigenvalue weighted by Gasteiger charge is -2.29. The standard InChI is InChI=1S/C25H17BrF2N2O4S/c1-33-21-11-15(18(26)12-22(21)34-13-14-5-4-6-16(27)9-14)10-17-23(31)29-25(35)30(24(17)32)20-8-3-2-7-19(20)28/h2-12H,13H2,1H3,(H,29,31,35)/b17-10+. The van der Waals surface area contributed by atoms with E-state index in [0.717, 1.165) is 4.90 Å². The molecule has 0 aliphatic carbocycles. The number of nitrogens with one attached hydrogen (secondary N) is 1. The molecule has 0 unspecified atom stereocenters. The first-order valence-electron chi connectivity index (χ1n) is 10.2. The molecule has 35 heavy (non-hydrogen) atoms. The second-order valence-electron chi connectivity index (χ2n) is 7.35. The van der Waals surface area contributed by atoms with Gasteiger partial charge in [-0.15, -0.1) is 0 Å². The third-order valence-electron chi connectivity index (χ3n) is 5.06. The number of rotatable bonds is 6. The van der Waals surface area contributed by atoms with Crippen LogP contribution in [-0.2, 0) is 16.2 Å². The number of carbonyl (C=O) groups is 2. The molecule has 1 aliphatic rings. The van der Waals surface area contributed by atoms with Gasteiger partial charge >= 0.3 is 0 Å². The summed E-state index contributed by atoms with van der Waals surface area (Å²) in [6.07, 6.45) is 1.34. The van der Waals surface area contributed by atoms with Crippen molar-refractivity contribution >= 4 is 56.8 Å². The quantitative estimate of drug-likeness (QED) is 0.257. The van der Waals surface area contributed by atoms with Crippen molar-refractivity contribution in [2.45, 2.75) is 6.61 Å². The van der Waals surface area contributed by atoms with Gasteiger partial charge in [-0.05, 0) is 65.8 Å². The van der Waals surface area contributed by atoms with Crippen LogP contribution in [0, 0.1) is 11.6 Å². The van der Waals surface area contributed by atoms with Crippen LogP contribution < -0.4 is 19.7 Å². The molecule has 4 rings (SSSR count). The first kappa shape index (κ1) is 24.5. The number of hydrogen-bond donors (Lipinski definition) is 1. The third kappa shape index (κ3) is 5.23. The summed E-state index contributed by atoms with van der Waals surface area (Å²) in [7, 11) is 1.44. The topological polar surface area (TPSA) is 67.9 Å². The van der Waals surface area contributed by atoms with Crippen molar-refractivity contribution in [2.75, 3.05) is 12.0 Å². The first-order valence-corrected chi connectivity index (χ1v) is 11.4. The minimum absolute atomic E-state index is 0.0776. The van der Waals surface area contributed by atoms with E-state index < -0.39 is 17.6 Å². The van der Waals surface area contributed by atoms with Gasteiger partial charge in [-0.1, -0.05) is 40.2 Å². The lowest BCUT2D eigenvalue weighted by Crippen LogP contribution is -2.54. The van der Waals surface area contributed by atoms with Gasteiger partial charge in [0.15, 0.2) is 16.6 Å². The number of methoxy groups -OCH3 is 1. The van der Waals surface area contributed by atoms with E-state index in [1.54, 1.807) is 30.3 Å². The van der Waals surface area contributed by atoms with Crippen LogP contribution in [0.15, 0.2) is 70.7 Å². The van der Waals surface area contributed by atoms with Crippen LogP contribution in [0.25, 0.3) is 6.08 Å². The van der Waals surface area contributed by atoms with Crippen LogP contribution in [0.1, 0.15) is 11.1 Å². The van der Waals surface area contributed by atoms with E-state index in [0.29, 0.717) is 27.1 Å². The van der Waals surface area contributed by atoms with Crippen LogP contribution in [0.5, 0.6) is 11.5 Å². The van der Waals surface area contributed by atoms with E-state index >= 15 is 0 Å². The molecule has 0 spiro atoms. The first-order chi connectivity index (χ1) is 16.8. The number of thiocarbonyl (C=S) groups is 1. The Hall–Kier alpha value is -3.63. The summed E-state index contributed by atoms with van der Waals surface area (Å²) in [4.78, 5) is 26.7. The van der Waals surface area contributed by atoms with E-state index in [1.165, 1.54) is 43.5 Å². The van der Waals surface area contributed by atoms with Crippen molar-refractivity contribution in [3.8, 4) is 11.5 Å². The highest BCUT2D eigenvalue weighted by Gasteiger charge is 2.35. The summed E-state index contributed by atoms with van der Waals surface area (Å²) in [6, 6.07) is 14.8. The van der Waals surface area contributed by atoms with Gasteiger partial charge in [0.1, 0.15) is 23.8 Å². The maximum absolute atomic E-state index is 14.4. The Morgan fingerprint density at radius 3 is 2.54 bits per heavy atom. The van der Waals surface area contributed by atoms with E-state index in [1.807, 2.05) is 0 Å². The number of hydrogen-bond acceptors (Lipinski definition) is 5. The number of halogens is 3. The minimum Gasteiger partial charge on any atom is -0.493 e. The van der Waals surface area contributed by atoms with Crippen LogP contribution in [-0.4, -0.2) is 24.0 Å². The summed E-state index contributed by atoms with van der Waals surface area (Å²) >= 11 is 8.53. The predicted octanol–water partition coefficient (Wildman–Crippen LogP) is 5.15. The average molecular weight is 559 g/mol. The molecule has 3 aromatic rings. The Bertz CT molecular complexity index is 1380. The highest BCUT2D eigenvalue weighted by molar-refractivity contribution is 9.10. The van der Waals surface area contributed by atoms with Crippen molar-refractivity contribution in [3.05, 3.63) is 93.5 Å². The molecule has 0 radical (unpaired) electrons. The second-order valence-corrected chi connectivity index (χ2v) is 8.59. The zero-order valence-corrected chi connectivity index (χ0v) is 20.6. The molecule has 0 atom stereocenters. The molecule has 0 bridgehead atoms. The van der Waals surface area contributed by atoms with E-state index in [2.05, 4.69) is 21.2 Å². The van der Waals surface area contributed by atoms with Gasteiger partial charge in [0, 0.05) is 4.47 Å². The summed E-state index contributed by atoms with van der Waals surface area (Å²) in [5.74, 6) is -1.85. The molecule has 2 amide bonds. The van der Waals surface area contributed by atoms with Crippen molar-refractivity contribution in [3.63, 3.8) is 0 Å². The van der Waals surface area contributed by atoms with Crippen molar-refractivity contribution in [1.82, 2.24) is 5.32 Å².